The summed E-state index contributed by atoms with van der Waals surface area (Å²) in [6.45, 7) is 2.12. The minimum atomic E-state index is -1.11. The summed E-state index contributed by atoms with van der Waals surface area (Å²) in [5, 5.41) is 0. The summed E-state index contributed by atoms with van der Waals surface area (Å²) in [7, 11) is -2.21. The minimum absolute atomic E-state index is 0.551. The Balaban J connectivity index is 2.13. The van der Waals surface area contributed by atoms with Crippen LogP contribution >= 0.6 is 0 Å². The van der Waals surface area contributed by atoms with Crippen molar-refractivity contribution in [3.63, 3.8) is 0 Å². The first-order chi connectivity index (χ1) is 3.93. The zero-order valence-corrected chi connectivity index (χ0v) is 8.91. The van der Waals surface area contributed by atoms with Crippen LogP contribution < -0.4 is 0 Å². The van der Waals surface area contributed by atoms with Crippen LogP contribution in [0, 0.1) is 0 Å². The fourth-order valence-electron chi connectivity index (χ4n) is 0.566. The van der Waals surface area contributed by atoms with Crippen molar-refractivity contribution in [3.8, 4) is 0 Å². The quantitative estimate of drug-likeness (QED) is 0.434. The second-order valence-corrected chi connectivity index (χ2v) is 8.06. The summed E-state index contributed by atoms with van der Waals surface area (Å²) in [5.41, 5.74) is 0. The van der Waals surface area contributed by atoms with Crippen LogP contribution in [0.25, 0.3) is 0 Å². The van der Waals surface area contributed by atoms with E-state index in [0.29, 0.717) is 0 Å². The maximum absolute atomic E-state index is 5.30. The van der Waals surface area contributed by atoms with Crippen molar-refractivity contribution in [1.82, 2.24) is 0 Å². The lowest BCUT2D eigenvalue weighted by Gasteiger charge is -2.20. The van der Waals surface area contributed by atoms with Crippen molar-refractivity contribution < 1.29 is 12.3 Å². The van der Waals surface area contributed by atoms with Crippen LogP contribution in [0.1, 0.15) is 6.92 Å². The Labute approximate surface area is 55.3 Å². The summed E-state index contributed by atoms with van der Waals surface area (Å²) in [6.07, 6.45) is 0. The van der Waals surface area contributed by atoms with Gasteiger partial charge in [0.05, 0.1) is 0 Å². The van der Waals surface area contributed by atoms with Gasteiger partial charge in [-0.2, -0.15) is 0 Å². The first kappa shape index (κ1) is 6.65. The first-order valence-corrected chi connectivity index (χ1v) is 6.81. The molecule has 0 atom stereocenters. The molecule has 1 rings (SSSR count). The van der Waals surface area contributed by atoms with Crippen molar-refractivity contribution in [2.24, 2.45) is 0 Å². The van der Waals surface area contributed by atoms with Crippen LogP contribution in [0.15, 0.2) is 0 Å². The van der Waals surface area contributed by atoms with E-state index < -0.39 is 29.3 Å². The molecule has 0 bridgehead atoms. The zero-order valence-electron chi connectivity index (χ0n) is 4.92. The summed E-state index contributed by atoms with van der Waals surface area (Å²) in [5.74, 6) is 0. The van der Waals surface area contributed by atoms with Crippen molar-refractivity contribution in [2.75, 3.05) is 0 Å². The highest BCUT2D eigenvalue weighted by molar-refractivity contribution is 6.61. The van der Waals surface area contributed by atoms with E-state index in [1.807, 2.05) is 0 Å². The monoisotopic (exact) mass is 166 g/mol. The van der Waals surface area contributed by atoms with Gasteiger partial charge < -0.3 is 12.3 Å². The number of rotatable bonds is 1. The highest BCUT2D eigenvalue weighted by Gasteiger charge is 2.14. The van der Waals surface area contributed by atoms with Crippen molar-refractivity contribution in [1.29, 1.82) is 0 Å². The Morgan fingerprint density at radius 1 is 1.38 bits per heavy atom. The lowest BCUT2D eigenvalue weighted by molar-refractivity contribution is 0.323. The molecular weight excluding hydrogens is 156 g/mol. The van der Waals surface area contributed by atoms with Crippen LogP contribution in [0.3, 0.4) is 0 Å². The zero-order chi connectivity index (χ0) is 5.82. The van der Waals surface area contributed by atoms with E-state index in [9.17, 15) is 0 Å². The molecule has 0 aliphatic carbocycles. The fourth-order valence-corrected chi connectivity index (χ4v) is 7.69. The van der Waals surface area contributed by atoms with E-state index in [2.05, 4.69) is 6.92 Å². The Kier molecular flexibility index (Phi) is 2.94. The van der Waals surface area contributed by atoms with Gasteiger partial charge in [-0.05, 0) is 6.04 Å². The van der Waals surface area contributed by atoms with Crippen molar-refractivity contribution >= 4 is 29.3 Å². The Morgan fingerprint density at radius 3 is 2.38 bits per heavy atom. The summed E-state index contributed by atoms with van der Waals surface area (Å²) < 4.78 is 15.7. The summed E-state index contributed by atoms with van der Waals surface area (Å²) >= 11 is 0. The largest absolute Gasteiger partial charge is 0.425 e. The predicted molar refractivity (Wildman–Crippen MR) is 38.0 cm³/mol. The molecule has 0 aromatic rings. The van der Waals surface area contributed by atoms with Crippen LogP contribution in [0.4, 0.5) is 0 Å². The average Bonchev–Trinajstić information content (AvgIpc) is 1.90. The van der Waals surface area contributed by atoms with Gasteiger partial charge in [0.25, 0.3) is 20.0 Å². The van der Waals surface area contributed by atoms with Gasteiger partial charge in [0.1, 0.15) is 0 Å². The molecule has 0 spiro atoms. The molecule has 6 heteroatoms. The highest BCUT2D eigenvalue weighted by Crippen LogP contribution is 1.98. The van der Waals surface area contributed by atoms with E-state index in [1.54, 1.807) is 0 Å². The molecule has 1 fully saturated rings. The molecule has 1 aliphatic rings. The summed E-state index contributed by atoms with van der Waals surface area (Å²) in [4.78, 5) is 0. The molecule has 1 heterocycles. The van der Waals surface area contributed by atoms with Crippen molar-refractivity contribution in [3.05, 3.63) is 0 Å². The molecule has 0 radical (unpaired) electrons. The molecule has 8 heavy (non-hydrogen) atoms. The van der Waals surface area contributed by atoms with Gasteiger partial charge in [-0.3, -0.25) is 0 Å². The molecule has 48 valence electrons. The Hall–Kier alpha value is 0.531. The third-order valence-electron chi connectivity index (χ3n) is 1.01. The smallest absolute Gasteiger partial charge is 0.302 e. The van der Waals surface area contributed by atoms with Gasteiger partial charge in [-0.15, -0.1) is 0 Å². The van der Waals surface area contributed by atoms with E-state index in [4.69, 9.17) is 12.3 Å². The molecule has 3 nitrogen and oxygen atoms in total. The van der Waals surface area contributed by atoms with Gasteiger partial charge in [0.2, 0.25) is 0 Å². The lowest BCUT2D eigenvalue weighted by atomic mass is 11.0. The molecule has 0 aromatic carbocycles. The van der Waals surface area contributed by atoms with Crippen LogP contribution in [0.2, 0.25) is 6.04 Å². The molecule has 0 aromatic heterocycles. The van der Waals surface area contributed by atoms with Gasteiger partial charge in [-0.1, -0.05) is 6.92 Å². The van der Waals surface area contributed by atoms with Crippen LogP contribution in [0.5, 0.6) is 0 Å². The summed E-state index contributed by atoms with van der Waals surface area (Å²) in [6, 6.07) is 1.10. The van der Waals surface area contributed by atoms with Gasteiger partial charge in [0.15, 0.2) is 0 Å². The molecular formula is C2H10O3Si3. The third kappa shape index (κ3) is 1.80. The van der Waals surface area contributed by atoms with Crippen LogP contribution in [-0.4, -0.2) is 29.3 Å². The Morgan fingerprint density at radius 2 is 2.00 bits per heavy atom. The maximum Gasteiger partial charge on any atom is 0.302 e. The number of hydrogen-bond donors (Lipinski definition) is 0. The van der Waals surface area contributed by atoms with Crippen molar-refractivity contribution in [2.45, 2.75) is 13.0 Å². The molecule has 1 aliphatic heterocycles. The maximum atomic E-state index is 5.30. The number of hydrogen-bond acceptors (Lipinski definition) is 3. The molecule has 1 saturated heterocycles. The third-order valence-corrected chi connectivity index (χ3v) is 7.07. The standard InChI is InChI=1S/C2H10O3Si3/c1-2-8-4-6-3-7-5-8/h8H,2,6-7H2,1H3. The second-order valence-electron chi connectivity index (χ2n) is 1.61. The molecule has 0 N–H and O–H groups in total. The molecule has 0 unspecified atom stereocenters. The van der Waals surface area contributed by atoms with E-state index in [-0.39, 0.29) is 0 Å². The van der Waals surface area contributed by atoms with E-state index >= 15 is 0 Å². The lowest BCUT2D eigenvalue weighted by Crippen LogP contribution is -2.34. The molecule has 0 amide bonds. The first-order valence-electron chi connectivity index (χ1n) is 2.74. The van der Waals surface area contributed by atoms with E-state index in [1.165, 1.54) is 0 Å². The minimum Gasteiger partial charge on any atom is -0.425 e. The van der Waals surface area contributed by atoms with Crippen LogP contribution in [-0.2, 0) is 12.3 Å². The highest BCUT2D eigenvalue weighted by atomic mass is 28.4. The van der Waals surface area contributed by atoms with Gasteiger partial charge >= 0.3 is 9.28 Å². The second kappa shape index (κ2) is 3.54. The fraction of sp³-hybridized carbons (Fsp3) is 1.00. The average molecular weight is 166 g/mol. The van der Waals surface area contributed by atoms with Gasteiger partial charge in [0, 0.05) is 0 Å². The SMILES string of the molecule is CC[SiH]1O[SiH2]O[SiH2]O1. The Bertz CT molecular complexity index is 63.5. The van der Waals surface area contributed by atoms with Gasteiger partial charge in [-0.25, -0.2) is 0 Å². The van der Waals surface area contributed by atoms with E-state index in [0.717, 1.165) is 6.04 Å². The topological polar surface area (TPSA) is 27.7 Å². The molecule has 0 saturated carbocycles. The normalized spacial score (nSPS) is 36.4. The predicted octanol–water partition coefficient (Wildman–Crippen LogP) is -1.71.